The van der Waals surface area contributed by atoms with E-state index in [1.807, 2.05) is 0 Å². The third-order valence-electron chi connectivity index (χ3n) is 3.68. The molecule has 7 heteroatoms. The summed E-state index contributed by atoms with van der Waals surface area (Å²) >= 11 is 0. The van der Waals surface area contributed by atoms with Crippen LogP contribution >= 0.6 is 0 Å². The number of aliphatic carboxylic acids is 1. The average molecular weight is 292 g/mol. The molecular weight excluding hydrogens is 268 g/mol. The lowest BCUT2D eigenvalue weighted by atomic mass is 9.96. The lowest BCUT2D eigenvalue weighted by Gasteiger charge is -2.31. The SMILES string of the molecule is CC(C)C(NS(=O)(=O)N(C)C1CCCCC1)C(=O)O. The maximum atomic E-state index is 12.2. The summed E-state index contributed by atoms with van der Waals surface area (Å²) < 4.78 is 28.0. The van der Waals surface area contributed by atoms with E-state index in [-0.39, 0.29) is 12.0 Å². The van der Waals surface area contributed by atoms with Gasteiger partial charge >= 0.3 is 5.97 Å². The number of nitrogens with zero attached hydrogens (tertiary/aromatic N) is 1. The summed E-state index contributed by atoms with van der Waals surface area (Å²) in [5, 5.41) is 9.05. The van der Waals surface area contributed by atoms with Crippen molar-refractivity contribution in [3.05, 3.63) is 0 Å². The molecule has 1 aliphatic rings. The molecule has 1 unspecified atom stereocenters. The van der Waals surface area contributed by atoms with Crippen LogP contribution in [0.25, 0.3) is 0 Å². The largest absolute Gasteiger partial charge is 0.480 e. The molecule has 0 spiro atoms. The lowest BCUT2D eigenvalue weighted by molar-refractivity contribution is -0.140. The van der Waals surface area contributed by atoms with Crippen molar-refractivity contribution in [2.45, 2.75) is 58.0 Å². The second-order valence-corrected chi connectivity index (χ2v) is 7.25. The van der Waals surface area contributed by atoms with Crippen molar-refractivity contribution in [1.82, 2.24) is 9.03 Å². The van der Waals surface area contributed by atoms with Gasteiger partial charge in [-0.3, -0.25) is 4.79 Å². The van der Waals surface area contributed by atoms with Crippen LogP contribution in [0.2, 0.25) is 0 Å². The lowest BCUT2D eigenvalue weighted by Crippen LogP contribution is -2.52. The standard InChI is InChI=1S/C12H24N2O4S/c1-9(2)11(12(15)16)13-19(17,18)14(3)10-7-5-4-6-8-10/h9-11,13H,4-8H2,1-3H3,(H,15,16). The molecule has 0 aliphatic heterocycles. The van der Waals surface area contributed by atoms with E-state index in [9.17, 15) is 13.2 Å². The van der Waals surface area contributed by atoms with Gasteiger partial charge < -0.3 is 5.11 Å². The Bertz CT molecular complexity index is 402. The van der Waals surface area contributed by atoms with Crippen LogP contribution in [-0.2, 0) is 15.0 Å². The third-order valence-corrected chi connectivity index (χ3v) is 5.28. The number of carboxylic acids is 1. The van der Waals surface area contributed by atoms with Crippen molar-refractivity contribution in [3.63, 3.8) is 0 Å². The van der Waals surface area contributed by atoms with E-state index in [1.165, 1.54) is 11.4 Å². The summed E-state index contributed by atoms with van der Waals surface area (Å²) in [5.41, 5.74) is 0. The summed E-state index contributed by atoms with van der Waals surface area (Å²) in [5.74, 6) is -1.44. The summed E-state index contributed by atoms with van der Waals surface area (Å²) in [6.45, 7) is 3.36. The monoisotopic (exact) mass is 292 g/mol. The van der Waals surface area contributed by atoms with Crippen molar-refractivity contribution < 1.29 is 18.3 Å². The molecule has 6 nitrogen and oxygen atoms in total. The van der Waals surface area contributed by atoms with Gasteiger partial charge in [-0.1, -0.05) is 33.1 Å². The molecule has 2 N–H and O–H groups in total. The first-order valence-electron chi connectivity index (χ1n) is 6.74. The zero-order chi connectivity index (χ0) is 14.6. The molecule has 0 aromatic carbocycles. The molecular formula is C12H24N2O4S. The molecule has 19 heavy (non-hydrogen) atoms. The minimum atomic E-state index is -3.75. The molecule has 0 aromatic rings. The van der Waals surface area contributed by atoms with E-state index in [2.05, 4.69) is 4.72 Å². The molecule has 1 aliphatic carbocycles. The summed E-state index contributed by atoms with van der Waals surface area (Å²) in [6, 6.07) is -1.11. The highest BCUT2D eigenvalue weighted by molar-refractivity contribution is 7.87. The van der Waals surface area contributed by atoms with Gasteiger partial charge in [0.15, 0.2) is 0 Å². The first kappa shape index (κ1) is 16.4. The number of nitrogens with one attached hydrogen (secondary N) is 1. The second kappa shape index (κ2) is 6.67. The van der Waals surface area contributed by atoms with E-state index in [1.54, 1.807) is 13.8 Å². The molecule has 1 saturated carbocycles. The van der Waals surface area contributed by atoms with Crippen LogP contribution in [0.3, 0.4) is 0 Å². The fourth-order valence-electron chi connectivity index (χ4n) is 2.36. The van der Waals surface area contributed by atoms with Crippen LogP contribution in [0.15, 0.2) is 0 Å². The van der Waals surface area contributed by atoms with Crippen molar-refractivity contribution in [3.8, 4) is 0 Å². The Morgan fingerprint density at radius 3 is 2.21 bits per heavy atom. The maximum Gasteiger partial charge on any atom is 0.322 e. The zero-order valence-corrected chi connectivity index (χ0v) is 12.6. The van der Waals surface area contributed by atoms with Gasteiger partial charge in [-0.05, 0) is 18.8 Å². The van der Waals surface area contributed by atoms with Crippen LogP contribution < -0.4 is 4.72 Å². The van der Waals surface area contributed by atoms with Crippen LogP contribution in [0, 0.1) is 5.92 Å². The molecule has 0 bridgehead atoms. The molecule has 112 valence electrons. The molecule has 0 radical (unpaired) electrons. The van der Waals surface area contributed by atoms with E-state index in [4.69, 9.17) is 5.11 Å². The number of rotatable bonds is 6. The maximum absolute atomic E-state index is 12.2. The van der Waals surface area contributed by atoms with Crippen LogP contribution in [-0.4, -0.2) is 42.9 Å². The zero-order valence-electron chi connectivity index (χ0n) is 11.8. The molecule has 1 atom stereocenters. The normalized spacial score (nSPS) is 19.8. The topological polar surface area (TPSA) is 86.7 Å². The molecule has 0 saturated heterocycles. The van der Waals surface area contributed by atoms with Gasteiger partial charge in [-0.15, -0.1) is 0 Å². The Kier molecular flexibility index (Phi) is 5.76. The number of carbonyl (C=O) groups is 1. The fourth-order valence-corrected chi connectivity index (χ4v) is 3.82. The van der Waals surface area contributed by atoms with Crippen LogP contribution in [0.1, 0.15) is 46.0 Å². The van der Waals surface area contributed by atoms with Gasteiger partial charge in [0.05, 0.1) is 0 Å². The molecule has 0 aromatic heterocycles. The Balaban J connectivity index is 2.75. The molecule has 0 heterocycles. The van der Waals surface area contributed by atoms with Crippen molar-refractivity contribution in [2.24, 2.45) is 5.92 Å². The summed E-state index contributed by atoms with van der Waals surface area (Å²) in [6.07, 6.45) is 4.88. The number of hydrogen-bond acceptors (Lipinski definition) is 3. The van der Waals surface area contributed by atoms with E-state index in [0.717, 1.165) is 32.1 Å². The van der Waals surface area contributed by atoms with Gasteiger partial charge in [-0.25, -0.2) is 0 Å². The van der Waals surface area contributed by atoms with Crippen molar-refractivity contribution in [1.29, 1.82) is 0 Å². The quantitative estimate of drug-likeness (QED) is 0.770. The molecule has 1 rings (SSSR count). The smallest absolute Gasteiger partial charge is 0.322 e. The highest BCUT2D eigenvalue weighted by atomic mass is 32.2. The predicted octanol–water partition coefficient (Wildman–Crippen LogP) is 1.19. The highest BCUT2D eigenvalue weighted by Gasteiger charge is 2.32. The Morgan fingerprint density at radius 1 is 1.26 bits per heavy atom. The average Bonchev–Trinajstić information content (AvgIpc) is 2.35. The third kappa shape index (κ3) is 4.43. The van der Waals surface area contributed by atoms with Gasteiger partial charge in [0.1, 0.15) is 6.04 Å². The first-order chi connectivity index (χ1) is 8.75. The number of hydrogen-bond donors (Lipinski definition) is 2. The van der Waals surface area contributed by atoms with Crippen molar-refractivity contribution >= 4 is 16.2 Å². The highest BCUT2D eigenvalue weighted by Crippen LogP contribution is 2.23. The number of carboxylic acid groups (broad SMARTS) is 1. The predicted molar refractivity (Wildman–Crippen MR) is 73.0 cm³/mol. The first-order valence-corrected chi connectivity index (χ1v) is 8.18. The molecule has 0 amide bonds. The minimum Gasteiger partial charge on any atom is -0.480 e. The Morgan fingerprint density at radius 2 is 1.79 bits per heavy atom. The van der Waals surface area contributed by atoms with Crippen LogP contribution in [0.4, 0.5) is 0 Å². The van der Waals surface area contributed by atoms with Gasteiger partial charge in [0.25, 0.3) is 10.2 Å². The van der Waals surface area contributed by atoms with E-state index < -0.39 is 22.2 Å². The molecule has 1 fully saturated rings. The summed E-state index contributed by atoms with van der Waals surface area (Å²) in [4.78, 5) is 11.1. The fraction of sp³-hybridized carbons (Fsp3) is 0.917. The van der Waals surface area contributed by atoms with Crippen molar-refractivity contribution in [2.75, 3.05) is 7.05 Å². The Labute approximate surface area is 115 Å². The van der Waals surface area contributed by atoms with Crippen LogP contribution in [0.5, 0.6) is 0 Å². The van der Waals surface area contributed by atoms with Gasteiger partial charge in [-0.2, -0.15) is 17.4 Å². The minimum absolute atomic E-state index is 0.0205. The van der Waals surface area contributed by atoms with E-state index in [0.29, 0.717) is 0 Å². The van der Waals surface area contributed by atoms with Gasteiger partial charge in [0.2, 0.25) is 0 Å². The Hall–Kier alpha value is -0.660. The van der Waals surface area contributed by atoms with Gasteiger partial charge in [0, 0.05) is 13.1 Å². The second-order valence-electron chi connectivity index (χ2n) is 5.49. The van der Waals surface area contributed by atoms with E-state index >= 15 is 0 Å². The summed E-state index contributed by atoms with van der Waals surface area (Å²) in [7, 11) is -2.22.